The van der Waals surface area contributed by atoms with Gasteiger partial charge in [-0.2, -0.15) is 0 Å². The molecule has 0 spiro atoms. The third kappa shape index (κ3) is 3.01. The van der Waals surface area contributed by atoms with Crippen LogP contribution in [0.4, 0.5) is 10.5 Å². The Bertz CT molecular complexity index is 517. The number of carbonyl (C=O) groups is 1. The van der Waals surface area contributed by atoms with Gasteiger partial charge in [-0.25, -0.2) is 4.79 Å². The molecular formula is C12H13N3O2. The summed E-state index contributed by atoms with van der Waals surface area (Å²) in [7, 11) is 0. The first-order chi connectivity index (χ1) is 8.13. The standard InChI is InChI=1S/C12H13N3O2/c1-8-6-11(7-14-8)17-10-4-2-9(3-5-10)15-12(13)16/h2-7,14H,1H3,(H3,13,15,16). The third-order valence-electron chi connectivity index (χ3n) is 2.16. The van der Waals surface area contributed by atoms with Crippen LogP contribution in [0.2, 0.25) is 0 Å². The van der Waals surface area contributed by atoms with Crippen LogP contribution in [-0.2, 0) is 0 Å². The van der Waals surface area contributed by atoms with Gasteiger partial charge in [-0.1, -0.05) is 0 Å². The number of carbonyl (C=O) groups excluding carboxylic acids is 1. The largest absolute Gasteiger partial charge is 0.456 e. The number of nitrogens with two attached hydrogens (primary N) is 1. The molecular weight excluding hydrogens is 218 g/mol. The fourth-order valence-corrected chi connectivity index (χ4v) is 1.43. The maximum atomic E-state index is 10.6. The van der Waals surface area contributed by atoms with Gasteiger partial charge in [0.05, 0.1) is 0 Å². The average Bonchev–Trinajstić information content (AvgIpc) is 2.66. The fourth-order valence-electron chi connectivity index (χ4n) is 1.43. The number of urea groups is 1. The molecule has 1 aromatic heterocycles. The Balaban J connectivity index is 2.05. The molecule has 2 rings (SSSR count). The van der Waals surface area contributed by atoms with Gasteiger partial charge in [0, 0.05) is 23.6 Å². The van der Waals surface area contributed by atoms with Gasteiger partial charge in [-0.3, -0.25) is 0 Å². The molecule has 0 radical (unpaired) electrons. The van der Waals surface area contributed by atoms with Crippen LogP contribution in [-0.4, -0.2) is 11.0 Å². The van der Waals surface area contributed by atoms with Crippen LogP contribution in [0, 0.1) is 6.92 Å². The van der Waals surface area contributed by atoms with E-state index in [4.69, 9.17) is 10.5 Å². The Morgan fingerprint density at radius 3 is 2.53 bits per heavy atom. The molecule has 0 aliphatic rings. The van der Waals surface area contributed by atoms with Gasteiger partial charge in [-0.15, -0.1) is 0 Å². The summed E-state index contributed by atoms with van der Waals surface area (Å²) in [5, 5.41) is 2.48. The molecule has 0 aliphatic carbocycles. The van der Waals surface area contributed by atoms with Gasteiger partial charge in [-0.05, 0) is 31.2 Å². The number of amides is 2. The Morgan fingerprint density at radius 1 is 1.29 bits per heavy atom. The molecule has 1 heterocycles. The molecule has 0 saturated carbocycles. The highest BCUT2D eigenvalue weighted by molar-refractivity contribution is 5.87. The zero-order valence-electron chi connectivity index (χ0n) is 9.36. The molecule has 0 fully saturated rings. The van der Waals surface area contributed by atoms with Crippen LogP contribution in [0.15, 0.2) is 36.5 Å². The number of aryl methyl sites for hydroxylation is 1. The van der Waals surface area contributed by atoms with Gasteiger partial charge in [0.1, 0.15) is 11.5 Å². The van der Waals surface area contributed by atoms with Crippen molar-refractivity contribution >= 4 is 11.7 Å². The molecule has 5 heteroatoms. The van der Waals surface area contributed by atoms with E-state index in [1.807, 2.05) is 13.0 Å². The predicted octanol–water partition coefficient (Wildman–Crippen LogP) is 2.61. The Hall–Kier alpha value is -2.43. The molecule has 4 N–H and O–H groups in total. The first kappa shape index (κ1) is 11.1. The minimum absolute atomic E-state index is 0.583. The number of hydrogen-bond acceptors (Lipinski definition) is 2. The molecule has 0 saturated heterocycles. The molecule has 88 valence electrons. The smallest absolute Gasteiger partial charge is 0.316 e. The number of benzene rings is 1. The minimum atomic E-state index is -0.583. The summed E-state index contributed by atoms with van der Waals surface area (Å²) < 4.78 is 5.58. The van der Waals surface area contributed by atoms with Gasteiger partial charge in [0.2, 0.25) is 0 Å². The lowest BCUT2D eigenvalue weighted by atomic mass is 10.3. The first-order valence-corrected chi connectivity index (χ1v) is 5.13. The van der Waals surface area contributed by atoms with Crippen molar-refractivity contribution in [1.29, 1.82) is 0 Å². The van der Waals surface area contributed by atoms with E-state index < -0.39 is 6.03 Å². The van der Waals surface area contributed by atoms with Gasteiger partial charge in [0.15, 0.2) is 0 Å². The van der Waals surface area contributed by atoms with Crippen molar-refractivity contribution in [3.8, 4) is 11.5 Å². The van der Waals surface area contributed by atoms with Crippen LogP contribution < -0.4 is 15.8 Å². The lowest BCUT2D eigenvalue weighted by molar-refractivity contribution is 0.259. The lowest BCUT2D eigenvalue weighted by Gasteiger charge is -2.05. The summed E-state index contributed by atoms with van der Waals surface area (Å²) in [5.74, 6) is 1.44. The summed E-state index contributed by atoms with van der Waals surface area (Å²) in [6, 6.07) is 8.27. The molecule has 1 aromatic carbocycles. The molecule has 17 heavy (non-hydrogen) atoms. The van der Waals surface area contributed by atoms with Crippen LogP contribution in [0.1, 0.15) is 5.69 Å². The Labute approximate surface area is 98.6 Å². The summed E-state index contributed by atoms with van der Waals surface area (Å²) in [6.45, 7) is 1.95. The van der Waals surface area contributed by atoms with E-state index in [0.717, 1.165) is 11.4 Å². The normalized spacial score (nSPS) is 9.94. The second-order valence-corrected chi connectivity index (χ2v) is 3.63. The number of ether oxygens (including phenoxy) is 1. The van der Waals surface area contributed by atoms with Crippen molar-refractivity contribution in [3.63, 3.8) is 0 Å². The number of anilines is 1. The zero-order valence-corrected chi connectivity index (χ0v) is 9.36. The molecule has 5 nitrogen and oxygen atoms in total. The van der Waals surface area contributed by atoms with Gasteiger partial charge in [0.25, 0.3) is 0 Å². The van der Waals surface area contributed by atoms with E-state index in [-0.39, 0.29) is 0 Å². The lowest BCUT2D eigenvalue weighted by Crippen LogP contribution is -2.19. The number of nitrogens with one attached hydrogen (secondary N) is 2. The maximum Gasteiger partial charge on any atom is 0.316 e. The van der Waals surface area contributed by atoms with Crippen LogP contribution in [0.25, 0.3) is 0 Å². The average molecular weight is 231 g/mol. The number of aromatic amines is 1. The Kier molecular flexibility index (Phi) is 3.00. The highest BCUT2D eigenvalue weighted by Crippen LogP contribution is 2.23. The van der Waals surface area contributed by atoms with Crippen molar-refractivity contribution < 1.29 is 9.53 Å². The van der Waals surface area contributed by atoms with Crippen LogP contribution in [0.5, 0.6) is 11.5 Å². The van der Waals surface area contributed by atoms with E-state index in [2.05, 4.69) is 10.3 Å². The molecule has 0 atom stereocenters. The fraction of sp³-hybridized carbons (Fsp3) is 0.0833. The number of primary amides is 1. The van der Waals surface area contributed by atoms with E-state index in [1.165, 1.54) is 0 Å². The van der Waals surface area contributed by atoms with E-state index in [1.54, 1.807) is 30.5 Å². The van der Waals surface area contributed by atoms with Crippen molar-refractivity contribution in [2.45, 2.75) is 6.92 Å². The third-order valence-corrected chi connectivity index (χ3v) is 2.16. The highest BCUT2D eigenvalue weighted by atomic mass is 16.5. The van der Waals surface area contributed by atoms with Gasteiger partial charge < -0.3 is 20.8 Å². The number of H-pyrrole nitrogens is 1. The molecule has 0 unspecified atom stereocenters. The van der Waals surface area contributed by atoms with Crippen LogP contribution in [0.3, 0.4) is 0 Å². The van der Waals surface area contributed by atoms with E-state index >= 15 is 0 Å². The predicted molar refractivity (Wildman–Crippen MR) is 65.3 cm³/mol. The summed E-state index contributed by atoms with van der Waals surface area (Å²) >= 11 is 0. The van der Waals surface area contributed by atoms with Gasteiger partial charge >= 0.3 is 6.03 Å². The highest BCUT2D eigenvalue weighted by Gasteiger charge is 2.00. The van der Waals surface area contributed by atoms with Crippen molar-refractivity contribution in [1.82, 2.24) is 4.98 Å². The maximum absolute atomic E-state index is 10.6. The molecule has 2 aromatic rings. The number of rotatable bonds is 3. The van der Waals surface area contributed by atoms with Crippen molar-refractivity contribution in [3.05, 3.63) is 42.2 Å². The zero-order chi connectivity index (χ0) is 12.3. The molecule has 0 aliphatic heterocycles. The summed E-state index contributed by atoms with van der Waals surface area (Å²) in [4.78, 5) is 13.7. The summed E-state index contributed by atoms with van der Waals surface area (Å²) in [6.07, 6.45) is 1.78. The molecule has 2 amide bonds. The topological polar surface area (TPSA) is 80.1 Å². The summed E-state index contributed by atoms with van der Waals surface area (Å²) in [5.41, 5.74) is 6.67. The Morgan fingerprint density at radius 2 is 2.00 bits per heavy atom. The quantitative estimate of drug-likeness (QED) is 0.759. The van der Waals surface area contributed by atoms with Crippen molar-refractivity contribution in [2.75, 3.05) is 5.32 Å². The monoisotopic (exact) mass is 231 g/mol. The van der Waals surface area contributed by atoms with Crippen LogP contribution >= 0.6 is 0 Å². The second kappa shape index (κ2) is 4.61. The first-order valence-electron chi connectivity index (χ1n) is 5.13. The number of hydrogen-bond donors (Lipinski definition) is 3. The number of aromatic nitrogens is 1. The second-order valence-electron chi connectivity index (χ2n) is 3.63. The minimum Gasteiger partial charge on any atom is -0.456 e. The van der Waals surface area contributed by atoms with E-state index in [0.29, 0.717) is 11.4 Å². The van der Waals surface area contributed by atoms with Crippen molar-refractivity contribution in [2.24, 2.45) is 5.73 Å². The molecule has 0 bridgehead atoms. The van der Waals surface area contributed by atoms with E-state index in [9.17, 15) is 4.79 Å². The SMILES string of the molecule is Cc1cc(Oc2ccc(NC(N)=O)cc2)c[nH]1.